The van der Waals surface area contributed by atoms with Crippen molar-refractivity contribution >= 4 is 23.0 Å². The zero-order chi connectivity index (χ0) is 24.3. The second kappa shape index (κ2) is 10.2. The van der Waals surface area contributed by atoms with E-state index in [-0.39, 0.29) is 23.7 Å². The third-order valence-electron chi connectivity index (χ3n) is 6.27. The Bertz CT molecular complexity index is 967. The van der Waals surface area contributed by atoms with Gasteiger partial charge in [0, 0.05) is 22.8 Å². The predicted octanol–water partition coefficient (Wildman–Crippen LogP) is 6.10. The monoisotopic (exact) mass is 459 g/mol. The summed E-state index contributed by atoms with van der Waals surface area (Å²) in [6.07, 6.45) is 1.80. The second-order valence-electron chi connectivity index (χ2n) is 9.34. The van der Waals surface area contributed by atoms with Gasteiger partial charge in [-0.25, -0.2) is 5.06 Å². The first-order valence-corrected chi connectivity index (χ1v) is 11.9. The highest BCUT2D eigenvalue weighted by Gasteiger charge is 2.34. The molecule has 0 radical (unpaired) electrons. The van der Waals surface area contributed by atoms with Crippen LogP contribution in [-0.4, -0.2) is 37.5 Å². The first-order valence-electron chi connectivity index (χ1n) is 11.1. The molecule has 0 bridgehead atoms. The van der Waals surface area contributed by atoms with Crippen molar-refractivity contribution < 1.29 is 19.2 Å². The third kappa shape index (κ3) is 5.24. The summed E-state index contributed by atoms with van der Waals surface area (Å²) in [5.74, 6) is 0.669. The SMILES string of the molecule is CCC(CC)(c1ccc(OCC(=O)C(C)(C)C)c(C)c1)c1cc(C)c(C(=O)N(C)OC)s1. The average molecular weight is 460 g/mol. The summed E-state index contributed by atoms with van der Waals surface area (Å²) in [6.45, 7) is 14.1. The first-order chi connectivity index (χ1) is 14.9. The van der Waals surface area contributed by atoms with Gasteiger partial charge >= 0.3 is 0 Å². The molecule has 0 spiro atoms. The summed E-state index contributed by atoms with van der Waals surface area (Å²) in [5.41, 5.74) is 2.53. The van der Waals surface area contributed by atoms with Crippen LogP contribution in [-0.2, 0) is 15.0 Å². The fraction of sp³-hybridized carbons (Fsp3) is 0.538. The molecule has 0 fully saturated rings. The van der Waals surface area contributed by atoms with E-state index in [0.717, 1.165) is 29.7 Å². The largest absolute Gasteiger partial charge is 0.486 e. The van der Waals surface area contributed by atoms with Gasteiger partial charge in [-0.05, 0) is 55.5 Å². The molecule has 0 aliphatic carbocycles. The number of benzene rings is 1. The molecule has 1 amide bonds. The summed E-state index contributed by atoms with van der Waals surface area (Å²) in [6, 6.07) is 8.35. The summed E-state index contributed by atoms with van der Waals surface area (Å²) in [4.78, 5) is 31.9. The Labute approximate surface area is 196 Å². The van der Waals surface area contributed by atoms with E-state index in [2.05, 4.69) is 32.0 Å². The van der Waals surface area contributed by atoms with E-state index in [1.165, 1.54) is 22.6 Å². The number of hydrogen-bond acceptors (Lipinski definition) is 5. The minimum absolute atomic E-state index is 0.0684. The number of rotatable bonds is 9. The molecular formula is C26H37NO4S. The molecule has 1 heterocycles. The number of ether oxygens (including phenoxy) is 1. The van der Waals surface area contributed by atoms with Crippen LogP contribution >= 0.6 is 11.3 Å². The number of nitrogens with zero attached hydrogens (tertiary/aromatic N) is 1. The van der Waals surface area contributed by atoms with Gasteiger partial charge in [-0.1, -0.05) is 46.8 Å². The fourth-order valence-corrected chi connectivity index (χ4v) is 5.27. The van der Waals surface area contributed by atoms with Crippen LogP contribution in [0.2, 0.25) is 0 Å². The number of carbonyl (C=O) groups excluding carboxylic acids is 2. The number of amides is 1. The Kier molecular flexibility index (Phi) is 8.29. The maximum Gasteiger partial charge on any atom is 0.287 e. The summed E-state index contributed by atoms with van der Waals surface area (Å²) in [7, 11) is 3.12. The molecule has 2 rings (SSSR count). The molecule has 0 aliphatic heterocycles. The number of Topliss-reactive ketones (excluding diaryl/α,β-unsaturated/α-hetero) is 1. The number of aryl methyl sites for hydroxylation is 2. The highest BCUT2D eigenvalue weighted by atomic mass is 32.1. The van der Waals surface area contributed by atoms with Gasteiger partial charge in [0.05, 0.1) is 12.0 Å². The topological polar surface area (TPSA) is 55.8 Å². The highest BCUT2D eigenvalue weighted by molar-refractivity contribution is 7.14. The maximum atomic E-state index is 12.7. The van der Waals surface area contributed by atoms with Crippen LogP contribution in [0, 0.1) is 19.3 Å². The molecule has 1 aromatic carbocycles. The first kappa shape index (κ1) is 26.1. The van der Waals surface area contributed by atoms with Crippen LogP contribution in [0.5, 0.6) is 5.75 Å². The van der Waals surface area contributed by atoms with Gasteiger partial charge in [0.1, 0.15) is 12.4 Å². The van der Waals surface area contributed by atoms with Gasteiger partial charge in [-0.15, -0.1) is 11.3 Å². The van der Waals surface area contributed by atoms with Crippen LogP contribution in [0.4, 0.5) is 0 Å². The average Bonchev–Trinajstić information content (AvgIpc) is 3.14. The molecule has 0 unspecified atom stereocenters. The van der Waals surface area contributed by atoms with Crippen LogP contribution in [0.25, 0.3) is 0 Å². The van der Waals surface area contributed by atoms with Gasteiger partial charge in [0.2, 0.25) is 0 Å². The standard InChI is InChI=1S/C26H37NO4S/c1-10-26(11-2,22-15-18(4)23(32-22)24(29)27(8)30-9)19-12-13-20(17(3)14-19)31-16-21(28)25(5,6)7/h12-15H,10-11,16H2,1-9H3. The molecule has 5 nitrogen and oxygen atoms in total. The Balaban J connectivity index is 2.41. The van der Waals surface area contributed by atoms with Crippen LogP contribution in [0.3, 0.4) is 0 Å². The summed E-state index contributed by atoms with van der Waals surface area (Å²) in [5, 5.41) is 1.26. The minimum Gasteiger partial charge on any atom is -0.486 e. The molecule has 2 aromatic rings. The van der Waals surface area contributed by atoms with E-state index < -0.39 is 5.41 Å². The second-order valence-corrected chi connectivity index (χ2v) is 10.4. The van der Waals surface area contributed by atoms with Gasteiger partial charge < -0.3 is 4.74 Å². The van der Waals surface area contributed by atoms with E-state index in [9.17, 15) is 9.59 Å². The van der Waals surface area contributed by atoms with E-state index in [1.54, 1.807) is 18.4 Å². The lowest BCUT2D eigenvalue weighted by Gasteiger charge is -2.32. The summed E-state index contributed by atoms with van der Waals surface area (Å²) >= 11 is 1.54. The molecule has 0 aliphatic rings. The minimum atomic E-state index is -0.420. The molecule has 32 heavy (non-hydrogen) atoms. The number of ketones is 1. The molecule has 0 atom stereocenters. The maximum absolute atomic E-state index is 12.7. The number of hydroxylamine groups is 2. The van der Waals surface area contributed by atoms with E-state index in [4.69, 9.17) is 9.57 Å². The van der Waals surface area contributed by atoms with Gasteiger partial charge in [-0.2, -0.15) is 0 Å². The van der Waals surface area contributed by atoms with Gasteiger partial charge in [0.15, 0.2) is 5.78 Å². The van der Waals surface area contributed by atoms with Crippen LogP contribution < -0.4 is 4.74 Å². The molecule has 176 valence electrons. The van der Waals surface area contributed by atoms with Crippen molar-refractivity contribution in [3.8, 4) is 5.75 Å². The lowest BCUT2D eigenvalue weighted by molar-refractivity contribution is -0.128. The van der Waals surface area contributed by atoms with E-state index in [0.29, 0.717) is 4.88 Å². The van der Waals surface area contributed by atoms with Crippen molar-refractivity contribution in [3.05, 3.63) is 50.7 Å². The summed E-state index contributed by atoms with van der Waals surface area (Å²) < 4.78 is 5.85. The zero-order valence-electron chi connectivity index (χ0n) is 20.9. The van der Waals surface area contributed by atoms with Crippen LogP contribution in [0.1, 0.15) is 78.7 Å². The number of thiophene rings is 1. The van der Waals surface area contributed by atoms with E-state index in [1.807, 2.05) is 40.7 Å². The van der Waals surface area contributed by atoms with Crippen molar-refractivity contribution in [2.45, 2.75) is 66.7 Å². The Hall–Kier alpha value is -2.18. The molecule has 0 saturated carbocycles. The Morgan fingerprint density at radius 3 is 2.16 bits per heavy atom. The van der Waals surface area contributed by atoms with Gasteiger partial charge in [-0.3, -0.25) is 14.4 Å². The number of carbonyl (C=O) groups is 2. The molecule has 6 heteroatoms. The lowest BCUT2D eigenvalue weighted by Crippen LogP contribution is -2.27. The Morgan fingerprint density at radius 2 is 1.66 bits per heavy atom. The van der Waals surface area contributed by atoms with Crippen molar-refractivity contribution in [1.82, 2.24) is 5.06 Å². The van der Waals surface area contributed by atoms with Crippen molar-refractivity contribution in [1.29, 1.82) is 0 Å². The number of hydrogen-bond donors (Lipinski definition) is 0. The lowest BCUT2D eigenvalue weighted by atomic mass is 9.74. The van der Waals surface area contributed by atoms with Gasteiger partial charge in [0.25, 0.3) is 5.91 Å². The van der Waals surface area contributed by atoms with Crippen molar-refractivity contribution in [3.63, 3.8) is 0 Å². The quantitative estimate of drug-likeness (QED) is 0.425. The third-order valence-corrected chi connectivity index (χ3v) is 7.70. The molecular weight excluding hydrogens is 422 g/mol. The molecule has 1 aromatic heterocycles. The molecule has 0 saturated heterocycles. The smallest absolute Gasteiger partial charge is 0.287 e. The molecule has 0 N–H and O–H groups in total. The fourth-order valence-electron chi connectivity index (χ4n) is 3.77. The Morgan fingerprint density at radius 1 is 1.03 bits per heavy atom. The van der Waals surface area contributed by atoms with Crippen LogP contribution in [0.15, 0.2) is 24.3 Å². The predicted molar refractivity (Wildman–Crippen MR) is 131 cm³/mol. The zero-order valence-corrected chi connectivity index (χ0v) is 21.7. The van der Waals surface area contributed by atoms with Crippen molar-refractivity contribution in [2.75, 3.05) is 20.8 Å². The van der Waals surface area contributed by atoms with E-state index >= 15 is 0 Å². The normalized spacial score (nSPS) is 12.0. The van der Waals surface area contributed by atoms with Crippen molar-refractivity contribution in [2.24, 2.45) is 5.41 Å². The highest BCUT2D eigenvalue weighted by Crippen LogP contribution is 2.44.